The van der Waals surface area contributed by atoms with Gasteiger partial charge in [0.05, 0.1) is 12.7 Å². The van der Waals surface area contributed by atoms with Gasteiger partial charge in [-0.15, -0.1) is 6.58 Å². The molecule has 0 radical (unpaired) electrons. The van der Waals surface area contributed by atoms with Crippen LogP contribution in [-0.4, -0.2) is 48.2 Å². The molecule has 0 aromatic heterocycles. The minimum absolute atomic E-state index is 0.344. The number of rotatable bonds is 3. The highest BCUT2D eigenvalue weighted by molar-refractivity contribution is 4.95. The second-order valence-corrected chi connectivity index (χ2v) is 4.89. The molecule has 2 rings (SSSR count). The SMILES string of the molecule is C=CCO[C@@H]1O[C@@H](C)[C@H](O)[C@H]2OC(C)(C)O[C@@H]12. The lowest BCUT2D eigenvalue weighted by Crippen LogP contribution is -2.55. The summed E-state index contributed by atoms with van der Waals surface area (Å²) in [6, 6.07) is 0. The predicted octanol–water partition coefficient (Wildman–Crippen LogP) is 0.815. The van der Waals surface area contributed by atoms with Crippen molar-refractivity contribution in [3.8, 4) is 0 Å². The molecule has 2 fully saturated rings. The Morgan fingerprint density at radius 3 is 2.65 bits per heavy atom. The second-order valence-electron chi connectivity index (χ2n) is 4.89. The van der Waals surface area contributed by atoms with Crippen LogP contribution in [0, 0.1) is 0 Å². The molecule has 5 nitrogen and oxygen atoms in total. The lowest BCUT2D eigenvalue weighted by molar-refractivity contribution is -0.268. The first-order valence-electron chi connectivity index (χ1n) is 5.86. The van der Waals surface area contributed by atoms with Crippen LogP contribution in [0.2, 0.25) is 0 Å². The summed E-state index contributed by atoms with van der Waals surface area (Å²) in [7, 11) is 0. The molecule has 2 aliphatic rings. The number of ether oxygens (including phenoxy) is 4. The Balaban J connectivity index is 2.11. The van der Waals surface area contributed by atoms with Crippen LogP contribution in [0.4, 0.5) is 0 Å². The van der Waals surface area contributed by atoms with Gasteiger partial charge in [-0.25, -0.2) is 0 Å². The smallest absolute Gasteiger partial charge is 0.187 e. The zero-order valence-electron chi connectivity index (χ0n) is 10.5. The van der Waals surface area contributed by atoms with E-state index in [0.29, 0.717) is 6.61 Å². The van der Waals surface area contributed by atoms with E-state index in [1.807, 2.05) is 13.8 Å². The van der Waals surface area contributed by atoms with Crippen molar-refractivity contribution in [2.45, 2.75) is 57.3 Å². The highest BCUT2D eigenvalue weighted by atomic mass is 16.8. The second kappa shape index (κ2) is 4.66. The quantitative estimate of drug-likeness (QED) is 0.745. The third-order valence-electron chi connectivity index (χ3n) is 2.98. The third-order valence-corrected chi connectivity index (χ3v) is 2.98. The number of hydrogen-bond acceptors (Lipinski definition) is 5. The molecule has 0 aliphatic carbocycles. The van der Waals surface area contributed by atoms with Crippen molar-refractivity contribution in [2.75, 3.05) is 6.61 Å². The first-order valence-corrected chi connectivity index (χ1v) is 5.86. The van der Waals surface area contributed by atoms with Gasteiger partial charge >= 0.3 is 0 Å². The van der Waals surface area contributed by atoms with Crippen molar-refractivity contribution in [3.05, 3.63) is 12.7 Å². The van der Waals surface area contributed by atoms with Crippen molar-refractivity contribution in [1.29, 1.82) is 0 Å². The Kier molecular flexibility index (Phi) is 3.56. The van der Waals surface area contributed by atoms with Crippen molar-refractivity contribution >= 4 is 0 Å². The van der Waals surface area contributed by atoms with E-state index in [9.17, 15) is 5.11 Å². The Labute approximate surface area is 101 Å². The molecule has 0 bridgehead atoms. The summed E-state index contributed by atoms with van der Waals surface area (Å²) >= 11 is 0. The molecule has 0 saturated carbocycles. The predicted molar refractivity (Wildman–Crippen MR) is 60.3 cm³/mol. The number of fused-ring (bicyclic) bond motifs is 1. The summed E-state index contributed by atoms with van der Waals surface area (Å²) in [5.74, 6) is -0.723. The normalized spacial score (nSPS) is 44.4. The molecule has 0 spiro atoms. The minimum atomic E-state index is -0.723. The van der Waals surface area contributed by atoms with Gasteiger partial charge in [-0.05, 0) is 20.8 Å². The number of aliphatic hydroxyl groups excluding tert-OH is 1. The molecule has 0 aromatic rings. The molecule has 0 aromatic carbocycles. The molecule has 2 heterocycles. The maximum absolute atomic E-state index is 10.0. The monoisotopic (exact) mass is 244 g/mol. The molecule has 0 amide bonds. The van der Waals surface area contributed by atoms with Gasteiger partial charge in [0.25, 0.3) is 0 Å². The van der Waals surface area contributed by atoms with E-state index in [0.717, 1.165) is 0 Å². The van der Waals surface area contributed by atoms with Gasteiger partial charge in [0.2, 0.25) is 0 Å². The molecule has 2 saturated heterocycles. The fourth-order valence-electron chi connectivity index (χ4n) is 2.23. The van der Waals surface area contributed by atoms with Gasteiger partial charge in [0, 0.05) is 0 Å². The maximum atomic E-state index is 10.0. The van der Waals surface area contributed by atoms with E-state index < -0.39 is 30.4 Å². The Hall–Kier alpha value is -0.460. The summed E-state index contributed by atoms with van der Waals surface area (Å²) in [6.07, 6.45) is -0.749. The van der Waals surface area contributed by atoms with Crippen LogP contribution in [0.15, 0.2) is 12.7 Å². The topological polar surface area (TPSA) is 57.2 Å². The molecule has 5 atom stereocenters. The van der Waals surface area contributed by atoms with Crippen molar-refractivity contribution < 1.29 is 24.1 Å². The lowest BCUT2D eigenvalue weighted by atomic mass is 10.0. The zero-order chi connectivity index (χ0) is 12.6. The molecule has 1 N–H and O–H groups in total. The van der Waals surface area contributed by atoms with Gasteiger partial charge in [-0.1, -0.05) is 6.08 Å². The van der Waals surface area contributed by atoms with Gasteiger partial charge in [-0.2, -0.15) is 0 Å². The van der Waals surface area contributed by atoms with Crippen LogP contribution in [0.3, 0.4) is 0 Å². The van der Waals surface area contributed by atoms with Crippen LogP contribution in [0.5, 0.6) is 0 Å². The zero-order valence-corrected chi connectivity index (χ0v) is 10.5. The highest BCUT2D eigenvalue weighted by Gasteiger charge is 2.54. The Morgan fingerprint density at radius 2 is 2.00 bits per heavy atom. The van der Waals surface area contributed by atoms with E-state index in [4.69, 9.17) is 18.9 Å². The summed E-state index contributed by atoms with van der Waals surface area (Å²) in [5.41, 5.74) is 0. The number of aliphatic hydroxyl groups is 1. The molecule has 98 valence electrons. The highest BCUT2D eigenvalue weighted by Crippen LogP contribution is 2.37. The summed E-state index contributed by atoms with van der Waals surface area (Å²) < 4.78 is 22.5. The summed E-state index contributed by atoms with van der Waals surface area (Å²) in [4.78, 5) is 0. The minimum Gasteiger partial charge on any atom is -0.388 e. The fraction of sp³-hybridized carbons (Fsp3) is 0.833. The van der Waals surface area contributed by atoms with E-state index in [1.165, 1.54) is 0 Å². The Bertz CT molecular complexity index is 291. The first-order chi connectivity index (χ1) is 7.94. The lowest BCUT2D eigenvalue weighted by Gasteiger charge is -2.38. The first kappa shape index (κ1) is 13.0. The molecule has 5 heteroatoms. The molecular weight excluding hydrogens is 224 g/mol. The van der Waals surface area contributed by atoms with E-state index in [2.05, 4.69) is 6.58 Å². The average molecular weight is 244 g/mol. The standard InChI is InChI=1S/C12H20O5/c1-5-6-14-11-10-9(8(13)7(2)15-11)16-12(3,4)17-10/h5,7-11,13H,1,6H2,2-4H3/t7-,8-,9+,10+,11+/m0/s1. The van der Waals surface area contributed by atoms with E-state index in [1.54, 1.807) is 13.0 Å². The Morgan fingerprint density at radius 1 is 1.35 bits per heavy atom. The van der Waals surface area contributed by atoms with Crippen LogP contribution in [-0.2, 0) is 18.9 Å². The molecule has 17 heavy (non-hydrogen) atoms. The van der Waals surface area contributed by atoms with Gasteiger partial charge in [0.15, 0.2) is 12.1 Å². The van der Waals surface area contributed by atoms with Crippen LogP contribution in [0.1, 0.15) is 20.8 Å². The molecule has 0 unspecified atom stereocenters. The molecular formula is C12H20O5. The van der Waals surface area contributed by atoms with Crippen LogP contribution in [0.25, 0.3) is 0 Å². The van der Waals surface area contributed by atoms with Gasteiger partial charge in [0.1, 0.15) is 18.3 Å². The van der Waals surface area contributed by atoms with Crippen molar-refractivity contribution in [1.82, 2.24) is 0 Å². The van der Waals surface area contributed by atoms with Crippen LogP contribution >= 0.6 is 0 Å². The maximum Gasteiger partial charge on any atom is 0.187 e. The van der Waals surface area contributed by atoms with Gasteiger partial charge < -0.3 is 24.1 Å². The van der Waals surface area contributed by atoms with Crippen LogP contribution < -0.4 is 0 Å². The summed E-state index contributed by atoms with van der Waals surface area (Å²) in [6.45, 7) is 9.38. The van der Waals surface area contributed by atoms with E-state index in [-0.39, 0.29) is 6.10 Å². The number of hydrogen-bond donors (Lipinski definition) is 1. The largest absolute Gasteiger partial charge is 0.388 e. The van der Waals surface area contributed by atoms with Crippen molar-refractivity contribution in [2.24, 2.45) is 0 Å². The fourth-order valence-corrected chi connectivity index (χ4v) is 2.23. The molecule has 2 aliphatic heterocycles. The van der Waals surface area contributed by atoms with E-state index >= 15 is 0 Å². The third kappa shape index (κ3) is 2.53. The average Bonchev–Trinajstić information content (AvgIpc) is 2.58. The van der Waals surface area contributed by atoms with Crippen molar-refractivity contribution in [3.63, 3.8) is 0 Å². The van der Waals surface area contributed by atoms with Gasteiger partial charge in [-0.3, -0.25) is 0 Å². The summed E-state index contributed by atoms with van der Waals surface area (Å²) in [5, 5.41) is 10.0.